The van der Waals surface area contributed by atoms with E-state index in [2.05, 4.69) is 42.0 Å². The molecule has 18 heavy (non-hydrogen) atoms. The van der Waals surface area contributed by atoms with Crippen LogP contribution in [0.2, 0.25) is 0 Å². The van der Waals surface area contributed by atoms with Crippen molar-refractivity contribution in [2.45, 2.75) is 25.2 Å². The monoisotopic (exact) mass is 371 g/mol. The van der Waals surface area contributed by atoms with Crippen LogP contribution in [0.5, 0.6) is 0 Å². The molecule has 3 rings (SSSR count). The maximum atomic E-state index is 6.02. The van der Waals surface area contributed by atoms with Gasteiger partial charge in [-0.15, -0.1) is 0 Å². The molecule has 0 aliphatic heterocycles. The van der Waals surface area contributed by atoms with Crippen molar-refractivity contribution in [1.29, 1.82) is 0 Å². The maximum Gasteiger partial charge on any atom is 0.260 e. The third-order valence-corrected chi connectivity index (χ3v) is 4.35. The third-order valence-electron chi connectivity index (χ3n) is 3.24. The molecule has 1 aliphatic carbocycles. The molecular formula is C12H11Br2N3O. The van der Waals surface area contributed by atoms with Crippen LogP contribution in [0, 0.1) is 0 Å². The van der Waals surface area contributed by atoms with Crippen molar-refractivity contribution in [3.05, 3.63) is 26.9 Å². The highest BCUT2D eigenvalue weighted by Crippen LogP contribution is 2.38. The Morgan fingerprint density at radius 2 is 2.06 bits per heavy atom. The molecule has 0 bridgehead atoms. The quantitative estimate of drug-likeness (QED) is 0.805. The number of rotatable bonds is 2. The summed E-state index contributed by atoms with van der Waals surface area (Å²) in [5, 5.41) is 4.04. The zero-order chi connectivity index (χ0) is 12.7. The highest BCUT2D eigenvalue weighted by atomic mass is 79.9. The van der Waals surface area contributed by atoms with Crippen LogP contribution in [0.25, 0.3) is 11.5 Å². The third kappa shape index (κ3) is 2.07. The molecule has 4 nitrogen and oxygen atoms in total. The number of nitrogens with two attached hydrogens (primary N) is 1. The minimum Gasteiger partial charge on any atom is -0.397 e. The topological polar surface area (TPSA) is 64.9 Å². The molecular weight excluding hydrogens is 362 g/mol. The van der Waals surface area contributed by atoms with Gasteiger partial charge in [-0.05, 0) is 40.9 Å². The Hall–Kier alpha value is -0.880. The van der Waals surface area contributed by atoms with Crippen LogP contribution in [-0.2, 0) is 0 Å². The number of hydrogen-bond acceptors (Lipinski definition) is 4. The van der Waals surface area contributed by atoms with Gasteiger partial charge in [-0.1, -0.05) is 27.5 Å². The lowest BCUT2D eigenvalue weighted by atomic mass is 9.85. The molecule has 0 atom stereocenters. The fourth-order valence-electron chi connectivity index (χ4n) is 1.94. The molecule has 1 aromatic heterocycles. The zero-order valence-corrected chi connectivity index (χ0v) is 12.7. The summed E-state index contributed by atoms with van der Waals surface area (Å²) in [6.45, 7) is 0. The van der Waals surface area contributed by atoms with Crippen molar-refractivity contribution >= 4 is 37.5 Å². The summed E-state index contributed by atoms with van der Waals surface area (Å²) < 4.78 is 7.05. The van der Waals surface area contributed by atoms with Crippen molar-refractivity contribution in [1.82, 2.24) is 10.1 Å². The molecule has 2 aromatic rings. The first-order chi connectivity index (χ1) is 8.65. The molecule has 0 amide bonds. The van der Waals surface area contributed by atoms with E-state index < -0.39 is 0 Å². The average Bonchev–Trinajstić information content (AvgIpc) is 2.70. The van der Waals surface area contributed by atoms with Crippen LogP contribution < -0.4 is 5.73 Å². The van der Waals surface area contributed by atoms with E-state index in [9.17, 15) is 0 Å². The van der Waals surface area contributed by atoms with E-state index in [-0.39, 0.29) is 0 Å². The van der Waals surface area contributed by atoms with E-state index in [1.807, 2.05) is 12.1 Å². The minimum absolute atomic E-state index is 0.458. The highest BCUT2D eigenvalue weighted by molar-refractivity contribution is 9.11. The Labute approximate surface area is 121 Å². The number of nitrogen functional groups attached to an aromatic ring is 1. The predicted molar refractivity (Wildman–Crippen MR) is 76.1 cm³/mol. The molecule has 1 aliphatic rings. The summed E-state index contributed by atoms with van der Waals surface area (Å²) in [6.07, 6.45) is 3.55. The summed E-state index contributed by atoms with van der Waals surface area (Å²) in [6, 6.07) is 3.78. The Kier molecular flexibility index (Phi) is 3.15. The number of nitrogens with zero attached hydrogens (tertiary/aromatic N) is 2. The van der Waals surface area contributed by atoms with Gasteiger partial charge in [0, 0.05) is 14.9 Å². The predicted octanol–water partition coefficient (Wildman–Crippen LogP) is 4.11. The highest BCUT2D eigenvalue weighted by Gasteiger charge is 2.25. The van der Waals surface area contributed by atoms with Gasteiger partial charge < -0.3 is 10.3 Å². The van der Waals surface area contributed by atoms with Gasteiger partial charge in [-0.25, -0.2) is 0 Å². The van der Waals surface area contributed by atoms with Gasteiger partial charge >= 0.3 is 0 Å². The fraction of sp³-hybridized carbons (Fsp3) is 0.333. The number of halogens is 2. The van der Waals surface area contributed by atoms with E-state index in [1.54, 1.807) is 0 Å². The normalized spacial score (nSPS) is 15.7. The standard InChI is InChI=1S/C12H11Br2N3O/c13-7-4-8(10(15)9(14)5-7)12-16-11(17-18-12)6-2-1-3-6/h4-6H,1-3,15H2. The van der Waals surface area contributed by atoms with Gasteiger partial charge in [0.2, 0.25) is 0 Å². The number of hydrogen-bond donors (Lipinski definition) is 1. The van der Waals surface area contributed by atoms with Crippen LogP contribution in [0.4, 0.5) is 5.69 Å². The molecule has 2 N–H and O–H groups in total. The largest absolute Gasteiger partial charge is 0.397 e. The Morgan fingerprint density at radius 1 is 1.28 bits per heavy atom. The van der Waals surface area contributed by atoms with Crippen LogP contribution in [0.15, 0.2) is 25.6 Å². The van der Waals surface area contributed by atoms with Crippen molar-refractivity contribution in [2.75, 3.05) is 5.73 Å². The number of benzene rings is 1. The van der Waals surface area contributed by atoms with Gasteiger partial charge in [0.25, 0.3) is 5.89 Å². The maximum absolute atomic E-state index is 6.02. The van der Waals surface area contributed by atoms with Gasteiger partial charge in [0.05, 0.1) is 11.3 Å². The molecule has 1 saturated carbocycles. The van der Waals surface area contributed by atoms with Crippen molar-refractivity contribution in [3.8, 4) is 11.5 Å². The second kappa shape index (κ2) is 4.66. The van der Waals surface area contributed by atoms with E-state index in [1.165, 1.54) is 6.42 Å². The average molecular weight is 373 g/mol. The molecule has 0 radical (unpaired) electrons. The summed E-state index contributed by atoms with van der Waals surface area (Å²) in [7, 11) is 0. The minimum atomic E-state index is 0.458. The van der Waals surface area contributed by atoms with E-state index in [0.717, 1.165) is 33.2 Å². The Bertz CT molecular complexity index is 593. The molecule has 1 aromatic carbocycles. The lowest BCUT2D eigenvalue weighted by Crippen LogP contribution is -2.10. The van der Waals surface area contributed by atoms with Gasteiger partial charge in [0.1, 0.15) is 0 Å². The van der Waals surface area contributed by atoms with E-state index in [0.29, 0.717) is 17.5 Å². The number of anilines is 1. The van der Waals surface area contributed by atoms with Crippen LogP contribution in [0.3, 0.4) is 0 Å². The Balaban J connectivity index is 2.01. The molecule has 6 heteroatoms. The second-order valence-corrected chi connectivity index (χ2v) is 6.20. The molecule has 0 unspecified atom stereocenters. The van der Waals surface area contributed by atoms with E-state index >= 15 is 0 Å². The lowest BCUT2D eigenvalue weighted by Gasteiger charge is -2.20. The molecule has 0 saturated heterocycles. The summed E-state index contributed by atoms with van der Waals surface area (Å²) in [4.78, 5) is 4.45. The first-order valence-corrected chi connectivity index (χ1v) is 7.32. The number of aromatic nitrogens is 2. The van der Waals surface area contributed by atoms with Crippen LogP contribution in [-0.4, -0.2) is 10.1 Å². The lowest BCUT2D eigenvalue weighted by molar-refractivity contribution is 0.366. The summed E-state index contributed by atoms with van der Waals surface area (Å²) >= 11 is 6.84. The summed E-state index contributed by atoms with van der Waals surface area (Å²) in [5.74, 6) is 1.74. The van der Waals surface area contributed by atoms with Crippen molar-refractivity contribution in [2.24, 2.45) is 0 Å². The van der Waals surface area contributed by atoms with Crippen LogP contribution in [0.1, 0.15) is 31.0 Å². The molecule has 0 spiro atoms. The van der Waals surface area contributed by atoms with Gasteiger partial charge in [-0.2, -0.15) is 4.98 Å². The first-order valence-electron chi connectivity index (χ1n) is 5.73. The molecule has 1 heterocycles. The van der Waals surface area contributed by atoms with Crippen molar-refractivity contribution < 1.29 is 4.52 Å². The molecule has 94 valence electrons. The van der Waals surface area contributed by atoms with Gasteiger partial charge in [-0.3, -0.25) is 0 Å². The first kappa shape index (κ1) is 12.2. The SMILES string of the molecule is Nc1c(Br)cc(Br)cc1-c1nc(C2CCC2)no1. The second-order valence-electron chi connectivity index (χ2n) is 4.43. The zero-order valence-electron chi connectivity index (χ0n) is 9.49. The van der Waals surface area contributed by atoms with Crippen molar-refractivity contribution in [3.63, 3.8) is 0 Å². The van der Waals surface area contributed by atoms with Crippen LogP contribution >= 0.6 is 31.9 Å². The molecule has 1 fully saturated rings. The Morgan fingerprint density at radius 3 is 2.72 bits per heavy atom. The van der Waals surface area contributed by atoms with Gasteiger partial charge in [0.15, 0.2) is 5.82 Å². The fourth-order valence-corrected chi connectivity index (χ4v) is 3.16. The summed E-state index contributed by atoms with van der Waals surface area (Å²) in [5.41, 5.74) is 7.39. The smallest absolute Gasteiger partial charge is 0.260 e. The van der Waals surface area contributed by atoms with E-state index in [4.69, 9.17) is 10.3 Å².